The Labute approximate surface area is 126 Å². The highest BCUT2D eigenvalue weighted by Gasteiger charge is 2.34. The topological polar surface area (TPSA) is 45.5 Å². The van der Waals surface area contributed by atoms with E-state index in [0.717, 1.165) is 19.0 Å². The van der Waals surface area contributed by atoms with Crippen LogP contribution >= 0.6 is 0 Å². The van der Waals surface area contributed by atoms with Crippen molar-refractivity contribution in [2.24, 2.45) is 0 Å². The summed E-state index contributed by atoms with van der Waals surface area (Å²) in [5, 5.41) is 2.94. The molecule has 6 heteroatoms. The minimum atomic E-state index is -0.877. The summed E-state index contributed by atoms with van der Waals surface area (Å²) in [5.74, 6) is -1.98. The van der Waals surface area contributed by atoms with Crippen LogP contribution in [0.3, 0.4) is 0 Å². The van der Waals surface area contributed by atoms with Gasteiger partial charge in [-0.05, 0) is 37.2 Å². The van der Waals surface area contributed by atoms with Gasteiger partial charge in [-0.3, -0.25) is 9.69 Å². The van der Waals surface area contributed by atoms with Gasteiger partial charge in [0, 0.05) is 6.54 Å². The van der Waals surface area contributed by atoms with Crippen molar-refractivity contribution in [1.82, 2.24) is 10.2 Å². The summed E-state index contributed by atoms with van der Waals surface area (Å²) in [7, 11) is 1.90. The van der Waals surface area contributed by atoms with Crippen LogP contribution in [0.15, 0.2) is 41.2 Å². The lowest BCUT2D eigenvalue weighted by Crippen LogP contribution is -2.38. The van der Waals surface area contributed by atoms with E-state index in [1.807, 2.05) is 11.9 Å². The number of benzene rings is 1. The van der Waals surface area contributed by atoms with Crippen molar-refractivity contribution >= 4 is 5.91 Å². The highest BCUT2D eigenvalue weighted by molar-refractivity contribution is 5.94. The van der Waals surface area contributed by atoms with E-state index >= 15 is 0 Å². The highest BCUT2D eigenvalue weighted by atomic mass is 19.2. The van der Waals surface area contributed by atoms with Crippen LogP contribution in [0.25, 0.3) is 0 Å². The van der Waals surface area contributed by atoms with E-state index in [9.17, 15) is 13.6 Å². The molecule has 2 aromatic rings. The summed E-state index contributed by atoms with van der Waals surface area (Å²) in [6, 6.07) is 5.09. The number of carbonyl (C=O) groups excluding carboxylic acids is 1. The first-order valence-electron chi connectivity index (χ1n) is 7.04. The van der Waals surface area contributed by atoms with E-state index < -0.39 is 11.6 Å². The molecule has 116 valence electrons. The maximum absolute atomic E-state index is 13.5. The van der Waals surface area contributed by atoms with Crippen LogP contribution in [0.5, 0.6) is 0 Å². The van der Waals surface area contributed by atoms with Gasteiger partial charge in [-0.2, -0.15) is 0 Å². The molecule has 1 N–H and O–H groups in total. The van der Waals surface area contributed by atoms with Crippen LogP contribution in [0.2, 0.25) is 0 Å². The monoisotopic (exact) mass is 306 g/mol. The smallest absolute Gasteiger partial charge is 0.254 e. The predicted octanol–water partition coefficient (Wildman–Crippen LogP) is 2.73. The van der Waals surface area contributed by atoms with Gasteiger partial charge in [0.25, 0.3) is 5.91 Å². The van der Waals surface area contributed by atoms with Crippen molar-refractivity contribution in [3.05, 3.63) is 59.6 Å². The van der Waals surface area contributed by atoms with Gasteiger partial charge in [-0.25, -0.2) is 8.78 Å². The van der Waals surface area contributed by atoms with Gasteiger partial charge in [0.2, 0.25) is 0 Å². The summed E-state index contributed by atoms with van der Waals surface area (Å²) in [4.78, 5) is 14.2. The van der Waals surface area contributed by atoms with Gasteiger partial charge in [0.05, 0.1) is 23.9 Å². The molecule has 0 aliphatic carbocycles. The number of amides is 1. The van der Waals surface area contributed by atoms with E-state index in [1.165, 1.54) is 18.6 Å². The molecule has 1 saturated heterocycles. The average molecular weight is 306 g/mol. The molecule has 0 bridgehead atoms. The van der Waals surface area contributed by atoms with Crippen molar-refractivity contribution in [2.45, 2.75) is 18.5 Å². The van der Waals surface area contributed by atoms with Crippen LogP contribution < -0.4 is 5.32 Å². The summed E-state index contributed by atoms with van der Waals surface area (Å²) in [5.41, 5.74) is 1.09. The number of nitrogens with one attached hydrogen (secondary N) is 1. The second-order valence-corrected chi connectivity index (χ2v) is 5.48. The van der Waals surface area contributed by atoms with Crippen LogP contribution in [0, 0.1) is 11.6 Å². The fraction of sp³-hybridized carbons (Fsp3) is 0.312. The fourth-order valence-corrected chi connectivity index (χ4v) is 2.93. The molecular weight excluding hydrogens is 290 g/mol. The highest BCUT2D eigenvalue weighted by Crippen LogP contribution is 2.31. The Morgan fingerprint density at radius 1 is 1.32 bits per heavy atom. The third-order valence-electron chi connectivity index (χ3n) is 4.03. The van der Waals surface area contributed by atoms with Gasteiger partial charge in [0.1, 0.15) is 6.26 Å². The van der Waals surface area contributed by atoms with E-state index in [1.54, 1.807) is 12.1 Å². The van der Waals surface area contributed by atoms with Crippen molar-refractivity contribution in [1.29, 1.82) is 0 Å². The Bertz CT molecular complexity index is 673. The van der Waals surface area contributed by atoms with E-state index in [4.69, 9.17) is 4.42 Å². The van der Waals surface area contributed by atoms with Crippen LogP contribution in [-0.2, 0) is 0 Å². The summed E-state index contributed by atoms with van der Waals surface area (Å²) >= 11 is 0. The molecule has 2 heterocycles. The zero-order valence-corrected chi connectivity index (χ0v) is 12.1. The van der Waals surface area contributed by atoms with Crippen LogP contribution in [0.4, 0.5) is 8.78 Å². The number of carbonyl (C=O) groups is 1. The van der Waals surface area contributed by atoms with Gasteiger partial charge >= 0.3 is 0 Å². The largest absolute Gasteiger partial charge is 0.472 e. The zero-order chi connectivity index (χ0) is 15.7. The molecule has 22 heavy (non-hydrogen) atoms. The molecule has 4 nitrogen and oxygen atoms in total. The van der Waals surface area contributed by atoms with E-state index in [-0.39, 0.29) is 18.0 Å². The molecule has 1 aliphatic heterocycles. The third kappa shape index (κ3) is 2.74. The predicted molar refractivity (Wildman–Crippen MR) is 76.3 cm³/mol. The Kier molecular flexibility index (Phi) is 3.94. The lowest BCUT2D eigenvalue weighted by molar-refractivity contribution is 0.0927. The molecule has 1 aromatic carbocycles. The molecule has 2 atom stereocenters. The number of likely N-dealkylation sites (tertiary alicyclic amines) is 1. The SMILES string of the molecule is CN1CC[C@@H](NC(=O)c2ccoc2)[C@H]1c1ccc(F)c(F)c1. The summed E-state index contributed by atoms with van der Waals surface area (Å²) in [6.45, 7) is 0.764. The van der Waals surface area contributed by atoms with Crippen molar-refractivity contribution < 1.29 is 18.0 Å². The molecule has 0 spiro atoms. The second kappa shape index (κ2) is 5.88. The molecule has 1 aromatic heterocycles. The molecule has 0 unspecified atom stereocenters. The molecule has 1 fully saturated rings. The lowest BCUT2D eigenvalue weighted by atomic mass is 9.99. The number of hydrogen-bond donors (Lipinski definition) is 1. The molecule has 1 amide bonds. The van der Waals surface area contributed by atoms with E-state index in [0.29, 0.717) is 11.1 Å². The average Bonchev–Trinajstić information content (AvgIpc) is 3.13. The first kappa shape index (κ1) is 14.7. The number of hydrogen-bond acceptors (Lipinski definition) is 3. The van der Waals surface area contributed by atoms with Gasteiger partial charge in [-0.1, -0.05) is 6.07 Å². The minimum Gasteiger partial charge on any atom is -0.472 e. The minimum absolute atomic E-state index is 0.169. The summed E-state index contributed by atoms with van der Waals surface area (Å²) < 4.78 is 31.5. The molecule has 0 saturated carbocycles. The molecular formula is C16H16F2N2O2. The Morgan fingerprint density at radius 2 is 2.14 bits per heavy atom. The standard InChI is InChI=1S/C16H16F2N2O2/c1-20-6-4-14(19-16(21)11-5-7-22-9-11)15(20)10-2-3-12(17)13(18)8-10/h2-3,5,7-9,14-15H,4,6H2,1H3,(H,19,21)/t14-,15-/m1/s1. The maximum Gasteiger partial charge on any atom is 0.254 e. The second-order valence-electron chi connectivity index (χ2n) is 5.48. The number of likely N-dealkylation sites (N-methyl/N-ethyl adjacent to an activating group) is 1. The normalized spacial score (nSPS) is 22.0. The number of furan rings is 1. The first-order valence-corrected chi connectivity index (χ1v) is 7.04. The number of halogens is 2. The van der Waals surface area contributed by atoms with Crippen molar-refractivity contribution in [3.63, 3.8) is 0 Å². The van der Waals surface area contributed by atoms with E-state index in [2.05, 4.69) is 5.32 Å². The number of nitrogens with zero attached hydrogens (tertiary/aromatic N) is 1. The van der Waals surface area contributed by atoms with Crippen molar-refractivity contribution in [2.75, 3.05) is 13.6 Å². The van der Waals surface area contributed by atoms with Gasteiger partial charge in [0.15, 0.2) is 11.6 Å². The lowest BCUT2D eigenvalue weighted by Gasteiger charge is -2.26. The van der Waals surface area contributed by atoms with Crippen LogP contribution in [0.1, 0.15) is 28.4 Å². The Morgan fingerprint density at radius 3 is 2.82 bits per heavy atom. The molecule has 3 rings (SSSR count). The Hall–Kier alpha value is -2.21. The van der Waals surface area contributed by atoms with Crippen LogP contribution in [-0.4, -0.2) is 30.4 Å². The van der Waals surface area contributed by atoms with Gasteiger partial charge in [-0.15, -0.1) is 0 Å². The zero-order valence-electron chi connectivity index (χ0n) is 12.1. The molecule has 1 aliphatic rings. The first-order chi connectivity index (χ1) is 10.6. The Balaban J connectivity index is 1.81. The number of rotatable bonds is 3. The quantitative estimate of drug-likeness (QED) is 0.948. The van der Waals surface area contributed by atoms with Crippen molar-refractivity contribution in [3.8, 4) is 0 Å². The molecule has 0 radical (unpaired) electrons. The van der Waals surface area contributed by atoms with Gasteiger partial charge < -0.3 is 9.73 Å². The summed E-state index contributed by atoms with van der Waals surface area (Å²) in [6.07, 6.45) is 3.55. The third-order valence-corrected chi connectivity index (χ3v) is 4.03. The fourth-order valence-electron chi connectivity index (χ4n) is 2.93. The maximum atomic E-state index is 13.5.